The van der Waals surface area contributed by atoms with E-state index >= 15 is 0 Å². The van der Waals surface area contributed by atoms with Crippen LogP contribution in [-0.2, 0) is 6.54 Å². The van der Waals surface area contributed by atoms with E-state index in [-0.39, 0.29) is 11.6 Å². The number of rotatable bonds is 3. The number of aromatic nitrogens is 2. The van der Waals surface area contributed by atoms with Crippen molar-refractivity contribution in [2.45, 2.75) is 6.54 Å². The van der Waals surface area contributed by atoms with Crippen LogP contribution in [0.25, 0.3) is 10.2 Å². The zero-order valence-corrected chi connectivity index (χ0v) is 12.8. The van der Waals surface area contributed by atoms with Gasteiger partial charge in [0.2, 0.25) is 0 Å². The largest absolute Gasteiger partial charge is 0.333 e. The quantitative estimate of drug-likeness (QED) is 0.688. The summed E-state index contributed by atoms with van der Waals surface area (Å²) < 4.78 is 0. The third-order valence-electron chi connectivity index (χ3n) is 2.91. The van der Waals surface area contributed by atoms with Crippen molar-refractivity contribution in [3.05, 3.63) is 56.9 Å². The minimum absolute atomic E-state index is 0.182. The Morgan fingerprint density at radius 3 is 2.82 bits per heavy atom. The van der Waals surface area contributed by atoms with Crippen molar-refractivity contribution in [3.8, 4) is 0 Å². The SMILES string of the molecule is O=C(NCc1cc2c(=O)[nH]cnc2s1)Nc1ccc(Cl)cc1. The summed E-state index contributed by atoms with van der Waals surface area (Å²) in [6.45, 7) is 0.319. The van der Waals surface area contributed by atoms with Gasteiger partial charge in [-0.1, -0.05) is 11.6 Å². The number of urea groups is 1. The van der Waals surface area contributed by atoms with Gasteiger partial charge in [-0.05, 0) is 30.3 Å². The van der Waals surface area contributed by atoms with E-state index in [4.69, 9.17) is 11.6 Å². The van der Waals surface area contributed by atoms with Crippen LogP contribution in [-0.4, -0.2) is 16.0 Å². The zero-order valence-electron chi connectivity index (χ0n) is 11.2. The molecule has 0 bridgehead atoms. The average Bonchev–Trinajstić information content (AvgIpc) is 2.92. The van der Waals surface area contributed by atoms with Crippen LogP contribution >= 0.6 is 22.9 Å². The van der Waals surface area contributed by atoms with Gasteiger partial charge in [-0.3, -0.25) is 4.79 Å². The molecule has 0 atom stereocenters. The fourth-order valence-electron chi connectivity index (χ4n) is 1.88. The van der Waals surface area contributed by atoms with E-state index < -0.39 is 0 Å². The molecule has 0 aliphatic carbocycles. The molecular weight excluding hydrogens is 324 g/mol. The molecular formula is C14H11ClN4O2S. The number of nitrogens with zero attached hydrogens (tertiary/aromatic N) is 1. The summed E-state index contributed by atoms with van der Waals surface area (Å²) >= 11 is 7.15. The van der Waals surface area contributed by atoms with Crippen LogP contribution in [0.4, 0.5) is 10.5 Å². The minimum Gasteiger partial charge on any atom is -0.333 e. The highest BCUT2D eigenvalue weighted by atomic mass is 35.5. The number of H-pyrrole nitrogens is 1. The molecule has 0 saturated heterocycles. The summed E-state index contributed by atoms with van der Waals surface area (Å²) in [4.78, 5) is 31.5. The molecule has 2 amide bonds. The second kappa shape index (κ2) is 6.17. The molecule has 0 saturated carbocycles. The Labute approximate surface area is 134 Å². The molecule has 3 aromatic rings. The van der Waals surface area contributed by atoms with E-state index in [2.05, 4.69) is 20.6 Å². The molecule has 0 aliphatic heterocycles. The standard InChI is InChI=1S/C14H11ClN4O2S/c15-8-1-3-9(4-2-8)19-14(21)16-6-10-5-11-12(20)17-7-18-13(11)22-10/h1-5,7H,6H2,(H2,16,19,21)(H,17,18,20). The molecule has 0 fully saturated rings. The number of carbonyl (C=O) groups is 1. The number of hydrogen-bond donors (Lipinski definition) is 3. The number of hydrogen-bond acceptors (Lipinski definition) is 4. The predicted molar refractivity (Wildman–Crippen MR) is 87.6 cm³/mol. The second-order valence-corrected chi connectivity index (χ2v) is 6.03. The second-order valence-electron chi connectivity index (χ2n) is 4.48. The van der Waals surface area contributed by atoms with Crippen molar-refractivity contribution in [2.24, 2.45) is 0 Å². The number of fused-ring (bicyclic) bond motifs is 1. The maximum Gasteiger partial charge on any atom is 0.319 e. The number of aromatic amines is 1. The maximum absolute atomic E-state index is 11.8. The van der Waals surface area contributed by atoms with E-state index in [0.717, 1.165) is 4.88 Å². The number of amides is 2. The van der Waals surface area contributed by atoms with Crippen LogP contribution in [0.3, 0.4) is 0 Å². The Hall–Kier alpha value is -2.38. The Morgan fingerprint density at radius 2 is 2.09 bits per heavy atom. The van der Waals surface area contributed by atoms with Crippen LogP contribution in [0, 0.1) is 0 Å². The van der Waals surface area contributed by atoms with Gasteiger partial charge in [-0.25, -0.2) is 9.78 Å². The molecule has 0 radical (unpaired) electrons. The lowest BCUT2D eigenvalue weighted by atomic mass is 10.3. The first kappa shape index (κ1) is 14.6. The van der Waals surface area contributed by atoms with Crippen molar-refractivity contribution in [2.75, 3.05) is 5.32 Å². The zero-order chi connectivity index (χ0) is 15.5. The van der Waals surface area contributed by atoms with E-state index in [9.17, 15) is 9.59 Å². The number of nitrogens with one attached hydrogen (secondary N) is 3. The summed E-state index contributed by atoms with van der Waals surface area (Å²) in [7, 11) is 0. The fraction of sp³-hybridized carbons (Fsp3) is 0.0714. The van der Waals surface area contributed by atoms with Gasteiger partial charge >= 0.3 is 6.03 Å². The smallest absolute Gasteiger partial charge is 0.319 e. The Balaban J connectivity index is 1.63. The number of thiophene rings is 1. The van der Waals surface area contributed by atoms with Crippen LogP contribution in [0.15, 0.2) is 41.5 Å². The Kier molecular flexibility index (Phi) is 4.08. The van der Waals surface area contributed by atoms with Gasteiger partial charge in [0, 0.05) is 15.6 Å². The van der Waals surface area contributed by atoms with Gasteiger partial charge in [0.1, 0.15) is 4.83 Å². The van der Waals surface area contributed by atoms with Gasteiger partial charge in [-0.15, -0.1) is 11.3 Å². The Morgan fingerprint density at radius 1 is 1.32 bits per heavy atom. The molecule has 2 aromatic heterocycles. The van der Waals surface area contributed by atoms with Crippen molar-refractivity contribution < 1.29 is 4.79 Å². The first-order valence-corrected chi connectivity index (χ1v) is 7.58. The maximum atomic E-state index is 11.8. The summed E-state index contributed by atoms with van der Waals surface area (Å²) in [5.74, 6) is 0. The molecule has 112 valence electrons. The number of anilines is 1. The highest BCUT2D eigenvalue weighted by Gasteiger charge is 2.07. The lowest BCUT2D eigenvalue weighted by Gasteiger charge is -2.06. The Bertz CT molecular complexity index is 872. The van der Waals surface area contributed by atoms with Gasteiger partial charge in [-0.2, -0.15) is 0 Å². The molecule has 0 unspecified atom stereocenters. The molecule has 2 heterocycles. The first-order chi connectivity index (χ1) is 10.6. The summed E-state index contributed by atoms with van der Waals surface area (Å²) in [5, 5.41) is 6.56. The average molecular weight is 335 g/mol. The van der Waals surface area contributed by atoms with Crippen LogP contribution in [0.5, 0.6) is 0 Å². The summed E-state index contributed by atoms with van der Waals surface area (Å²) in [6, 6.07) is 8.22. The number of benzene rings is 1. The third-order valence-corrected chi connectivity index (χ3v) is 4.21. The van der Waals surface area contributed by atoms with Crippen molar-refractivity contribution in [3.63, 3.8) is 0 Å². The van der Waals surface area contributed by atoms with Gasteiger partial charge in [0.05, 0.1) is 18.3 Å². The molecule has 1 aromatic carbocycles. The lowest BCUT2D eigenvalue weighted by Crippen LogP contribution is -2.27. The molecule has 6 nitrogen and oxygen atoms in total. The predicted octanol–water partition coefficient (Wildman–Crippen LogP) is 2.96. The van der Waals surface area contributed by atoms with Crippen molar-refractivity contribution >= 4 is 44.9 Å². The molecule has 8 heteroatoms. The van der Waals surface area contributed by atoms with E-state index in [1.54, 1.807) is 30.3 Å². The minimum atomic E-state index is -0.332. The van der Waals surface area contributed by atoms with E-state index in [0.29, 0.717) is 27.5 Å². The summed E-state index contributed by atoms with van der Waals surface area (Å²) in [5.41, 5.74) is 0.467. The normalized spacial score (nSPS) is 10.6. The van der Waals surface area contributed by atoms with Crippen LogP contribution in [0.2, 0.25) is 5.02 Å². The summed E-state index contributed by atoms with van der Waals surface area (Å²) in [6.07, 6.45) is 1.37. The fourth-order valence-corrected chi connectivity index (χ4v) is 2.94. The van der Waals surface area contributed by atoms with E-state index in [1.165, 1.54) is 17.7 Å². The number of halogens is 1. The van der Waals surface area contributed by atoms with Gasteiger partial charge in [0.15, 0.2) is 0 Å². The highest BCUT2D eigenvalue weighted by Crippen LogP contribution is 2.20. The van der Waals surface area contributed by atoms with Crippen LogP contribution < -0.4 is 16.2 Å². The lowest BCUT2D eigenvalue weighted by molar-refractivity contribution is 0.252. The molecule has 3 rings (SSSR count). The molecule has 22 heavy (non-hydrogen) atoms. The highest BCUT2D eigenvalue weighted by molar-refractivity contribution is 7.18. The first-order valence-electron chi connectivity index (χ1n) is 6.38. The van der Waals surface area contributed by atoms with Crippen molar-refractivity contribution in [1.29, 1.82) is 0 Å². The topological polar surface area (TPSA) is 86.9 Å². The van der Waals surface area contributed by atoms with Gasteiger partial charge < -0.3 is 15.6 Å². The molecule has 0 aliphatic rings. The van der Waals surface area contributed by atoms with Crippen LogP contribution in [0.1, 0.15) is 4.88 Å². The molecule has 0 spiro atoms. The van der Waals surface area contributed by atoms with Gasteiger partial charge in [0.25, 0.3) is 5.56 Å². The number of carbonyl (C=O) groups excluding carboxylic acids is 1. The van der Waals surface area contributed by atoms with E-state index in [1.807, 2.05) is 0 Å². The van der Waals surface area contributed by atoms with Crippen molar-refractivity contribution in [1.82, 2.24) is 15.3 Å². The monoisotopic (exact) mass is 334 g/mol. The third kappa shape index (κ3) is 3.26. The molecule has 3 N–H and O–H groups in total.